The number of nitrogens with zero attached hydrogens (tertiary/aromatic N) is 1. The largest absolute Gasteiger partial charge is 0.454 e. The Kier molecular flexibility index (Phi) is 2.34. The fraction of sp³-hybridized carbons (Fsp3) is 0.455. The maximum absolute atomic E-state index is 10.3. The van der Waals surface area contributed by atoms with Gasteiger partial charge in [-0.3, -0.25) is 0 Å². The van der Waals surface area contributed by atoms with E-state index in [1.807, 2.05) is 32.0 Å². The molecule has 0 atom stereocenters. The minimum Gasteiger partial charge on any atom is -0.454 e. The molecule has 80 valence electrons. The van der Waals surface area contributed by atoms with E-state index in [1.54, 1.807) is 0 Å². The fourth-order valence-corrected chi connectivity index (χ4v) is 1.57. The Hall–Kier alpha value is -1.58. The number of ether oxygens (including phenoxy) is 2. The van der Waals surface area contributed by atoms with E-state index >= 15 is 0 Å². The van der Waals surface area contributed by atoms with Crippen molar-refractivity contribution < 1.29 is 9.47 Å². The predicted molar refractivity (Wildman–Crippen MR) is 56.3 cm³/mol. The summed E-state index contributed by atoms with van der Waals surface area (Å²) in [6.45, 7) is 4.48. The van der Waals surface area contributed by atoms with Crippen LogP contribution in [0.4, 0.5) is 0 Å². The van der Waals surface area contributed by atoms with Crippen molar-refractivity contribution in [1.29, 1.82) is 0 Å². The van der Waals surface area contributed by atoms with E-state index in [2.05, 4.69) is 5.18 Å². The molecular formula is C11H13NO3. The first kappa shape index (κ1) is 9.96. The van der Waals surface area contributed by atoms with Gasteiger partial charge in [0.2, 0.25) is 6.79 Å². The zero-order chi connectivity index (χ0) is 10.9. The molecule has 0 saturated heterocycles. The number of benzene rings is 1. The van der Waals surface area contributed by atoms with Crippen LogP contribution in [0.25, 0.3) is 0 Å². The molecule has 0 aliphatic carbocycles. The number of fused-ring (bicyclic) bond motifs is 1. The van der Waals surface area contributed by atoms with E-state index < -0.39 is 0 Å². The van der Waals surface area contributed by atoms with E-state index in [0.717, 1.165) is 17.1 Å². The van der Waals surface area contributed by atoms with Crippen molar-refractivity contribution in [2.24, 2.45) is 5.18 Å². The molecule has 0 spiro atoms. The van der Waals surface area contributed by atoms with Crippen LogP contribution >= 0.6 is 0 Å². The molecule has 0 bridgehead atoms. The average Bonchev–Trinajstić information content (AvgIpc) is 2.63. The highest BCUT2D eigenvalue weighted by Gasteiger charge is 2.24. The van der Waals surface area contributed by atoms with Gasteiger partial charge in [0.1, 0.15) is 0 Å². The van der Waals surface area contributed by atoms with Crippen LogP contribution in [-0.4, -0.2) is 13.3 Å². The summed E-state index contributed by atoms with van der Waals surface area (Å²) >= 11 is 0. The van der Waals surface area contributed by atoms with Gasteiger partial charge >= 0.3 is 0 Å². The van der Waals surface area contributed by atoms with Crippen molar-refractivity contribution in [3.63, 3.8) is 0 Å². The van der Waals surface area contributed by atoms with Gasteiger partial charge in [-0.1, -0.05) is 25.1 Å². The molecule has 0 saturated carbocycles. The molecule has 0 amide bonds. The van der Waals surface area contributed by atoms with Crippen molar-refractivity contribution in [2.75, 3.05) is 13.3 Å². The van der Waals surface area contributed by atoms with Crippen LogP contribution in [-0.2, 0) is 5.41 Å². The summed E-state index contributed by atoms with van der Waals surface area (Å²) in [5.41, 5.74) is 0.772. The topological polar surface area (TPSA) is 47.9 Å². The quantitative estimate of drug-likeness (QED) is 0.715. The molecule has 0 fully saturated rings. The normalized spacial score (nSPS) is 14.0. The molecule has 1 aromatic carbocycles. The van der Waals surface area contributed by atoms with Gasteiger partial charge in [-0.25, -0.2) is 0 Å². The van der Waals surface area contributed by atoms with E-state index in [9.17, 15) is 4.91 Å². The first-order valence-electron chi connectivity index (χ1n) is 4.83. The van der Waals surface area contributed by atoms with Crippen LogP contribution in [0.5, 0.6) is 11.5 Å². The van der Waals surface area contributed by atoms with Crippen molar-refractivity contribution in [3.05, 3.63) is 28.7 Å². The van der Waals surface area contributed by atoms with Crippen LogP contribution in [0.15, 0.2) is 23.4 Å². The molecule has 4 heteroatoms. The lowest BCUT2D eigenvalue weighted by atomic mass is 9.85. The fourth-order valence-electron chi connectivity index (χ4n) is 1.57. The highest BCUT2D eigenvalue weighted by molar-refractivity contribution is 5.46. The minimum absolute atomic E-state index is 0.257. The SMILES string of the molecule is CC(C)(CN=O)c1ccc2c(c1)OCO2. The smallest absolute Gasteiger partial charge is 0.231 e. The summed E-state index contributed by atoms with van der Waals surface area (Å²) in [7, 11) is 0. The van der Waals surface area contributed by atoms with Gasteiger partial charge in [-0.15, -0.1) is 0 Å². The Labute approximate surface area is 88.2 Å². The monoisotopic (exact) mass is 207 g/mol. The molecule has 15 heavy (non-hydrogen) atoms. The maximum atomic E-state index is 10.3. The minimum atomic E-state index is -0.261. The van der Waals surface area contributed by atoms with E-state index in [0.29, 0.717) is 0 Å². The van der Waals surface area contributed by atoms with Gasteiger partial charge in [0.05, 0.1) is 6.54 Å². The zero-order valence-electron chi connectivity index (χ0n) is 8.82. The number of hydrogen-bond acceptors (Lipinski definition) is 4. The van der Waals surface area contributed by atoms with E-state index in [4.69, 9.17) is 9.47 Å². The zero-order valence-corrected chi connectivity index (χ0v) is 8.82. The van der Waals surface area contributed by atoms with Gasteiger partial charge < -0.3 is 9.47 Å². The van der Waals surface area contributed by atoms with Gasteiger partial charge in [-0.05, 0) is 17.7 Å². The van der Waals surface area contributed by atoms with Gasteiger partial charge in [-0.2, -0.15) is 4.91 Å². The molecule has 2 rings (SSSR count). The molecule has 4 nitrogen and oxygen atoms in total. The van der Waals surface area contributed by atoms with Crippen LogP contribution in [0.3, 0.4) is 0 Å². The molecule has 1 aromatic rings. The Morgan fingerprint density at radius 2 is 2.07 bits per heavy atom. The third kappa shape index (κ3) is 1.79. The molecule has 1 heterocycles. The highest BCUT2D eigenvalue weighted by atomic mass is 16.7. The van der Waals surface area contributed by atoms with Crippen LogP contribution in [0, 0.1) is 4.91 Å². The Morgan fingerprint density at radius 1 is 1.33 bits per heavy atom. The van der Waals surface area contributed by atoms with Crippen LogP contribution in [0.1, 0.15) is 19.4 Å². The first-order valence-corrected chi connectivity index (χ1v) is 4.83. The molecule has 0 unspecified atom stereocenters. The molecule has 0 radical (unpaired) electrons. The average molecular weight is 207 g/mol. The second-order valence-corrected chi connectivity index (χ2v) is 4.24. The van der Waals surface area contributed by atoms with E-state index in [1.165, 1.54) is 0 Å². The number of rotatable bonds is 3. The lowest BCUT2D eigenvalue weighted by Gasteiger charge is -2.21. The van der Waals surface area contributed by atoms with Crippen LogP contribution < -0.4 is 9.47 Å². The highest BCUT2D eigenvalue weighted by Crippen LogP contribution is 2.36. The maximum Gasteiger partial charge on any atom is 0.231 e. The summed E-state index contributed by atoms with van der Waals surface area (Å²) in [6.07, 6.45) is 0. The van der Waals surface area contributed by atoms with Crippen molar-refractivity contribution in [1.82, 2.24) is 0 Å². The summed E-state index contributed by atoms with van der Waals surface area (Å²) in [4.78, 5) is 10.3. The summed E-state index contributed by atoms with van der Waals surface area (Å²) in [5, 5.41) is 2.96. The second-order valence-electron chi connectivity index (χ2n) is 4.24. The Morgan fingerprint density at radius 3 is 2.80 bits per heavy atom. The first-order chi connectivity index (χ1) is 7.13. The van der Waals surface area contributed by atoms with Gasteiger partial charge in [0.15, 0.2) is 11.5 Å². The summed E-state index contributed by atoms with van der Waals surface area (Å²) in [5.74, 6) is 1.50. The van der Waals surface area contributed by atoms with Gasteiger partial charge in [0, 0.05) is 5.41 Å². The molecule has 0 N–H and O–H groups in total. The van der Waals surface area contributed by atoms with Gasteiger partial charge in [0.25, 0.3) is 0 Å². The van der Waals surface area contributed by atoms with Crippen molar-refractivity contribution in [3.8, 4) is 11.5 Å². The third-order valence-electron chi connectivity index (χ3n) is 2.61. The lowest BCUT2D eigenvalue weighted by molar-refractivity contribution is 0.174. The van der Waals surface area contributed by atoms with Crippen LogP contribution in [0.2, 0.25) is 0 Å². The molecule has 1 aliphatic rings. The second kappa shape index (κ2) is 3.53. The molecule has 0 aromatic heterocycles. The summed E-state index contributed by atoms with van der Waals surface area (Å²) < 4.78 is 10.5. The number of hydrogen-bond donors (Lipinski definition) is 0. The van der Waals surface area contributed by atoms with E-state index in [-0.39, 0.29) is 18.8 Å². The predicted octanol–water partition coefficient (Wildman–Crippen LogP) is 2.46. The lowest BCUT2D eigenvalue weighted by Crippen LogP contribution is -2.20. The Bertz CT molecular complexity index is 387. The van der Waals surface area contributed by atoms with Crippen molar-refractivity contribution in [2.45, 2.75) is 19.3 Å². The third-order valence-corrected chi connectivity index (χ3v) is 2.61. The standard InChI is InChI=1S/C11H13NO3/c1-11(2,6-12-13)8-3-4-9-10(5-8)15-7-14-9/h3-5H,6-7H2,1-2H3. The number of nitroso groups, excluding NO2 is 1. The molecular weight excluding hydrogens is 194 g/mol. The molecule has 1 aliphatic heterocycles. The van der Waals surface area contributed by atoms with Crippen molar-refractivity contribution >= 4 is 0 Å². The Balaban J connectivity index is 2.33. The summed E-state index contributed by atoms with van der Waals surface area (Å²) in [6, 6.07) is 5.72.